The maximum Gasteiger partial charge on any atom is 0.354 e. The fourth-order valence-electron chi connectivity index (χ4n) is 3.98. The van der Waals surface area contributed by atoms with E-state index in [0.717, 1.165) is 11.4 Å². The number of nitrogens with one attached hydrogen (secondary N) is 2. The lowest BCUT2D eigenvalue weighted by molar-refractivity contribution is -0.858. The number of aryl methyl sites for hydroxylation is 1. The molecule has 31 heavy (non-hydrogen) atoms. The fraction of sp³-hybridized carbons (Fsp3) is 0.409. The summed E-state index contributed by atoms with van der Waals surface area (Å²) < 4.78 is 4.77. The Morgan fingerprint density at radius 1 is 1.32 bits per heavy atom. The number of nitrogens with zero attached hydrogens (tertiary/aromatic N) is 1. The summed E-state index contributed by atoms with van der Waals surface area (Å²) in [7, 11) is 5.30. The van der Waals surface area contributed by atoms with E-state index in [4.69, 9.17) is 4.74 Å². The van der Waals surface area contributed by atoms with Gasteiger partial charge in [0, 0.05) is 29.1 Å². The van der Waals surface area contributed by atoms with Crippen LogP contribution in [0.1, 0.15) is 44.6 Å². The van der Waals surface area contributed by atoms with Gasteiger partial charge in [0.25, 0.3) is 5.91 Å². The monoisotopic (exact) mass is 445 g/mol. The van der Waals surface area contributed by atoms with Crippen LogP contribution in [0.25, 0.3) is 5.76 Å². The Balaban J connectivity index is 2.12. The lowest BCUT2D eigenvalue weighted by atomic mass is 9.97. The van der Waals surface area contributed by atoms with Gasteiger partial charge in [-0.3, -0.25) is 9.59 Å². The maximum absolute atomic E-state index is 13.6. The predicted octanol–water partition coefficient (Wildman–Crippen LogP) is 0.238. The summed E-state index contributed by atoms with van der Waals surface area (Å²) in [6, 6.07) is 2.94. The van der Waals surface area contributed by atoms with Crippen molar-refractivity contribution in [2.75, 3.05) is 34.3 Å². The quantitative estimate of drug-likeness (QED) is 0.275. The molecule has 0 bridgehead atoms. The summed E-state index contributed by atoms with van der Waals surface area (Å²) in [5, 5.41) is 15.4. The van der Waals surface area contributed by atoms with Gasteiger partial charge < -0.3 is 24.6 Å². The first kappa shape index (κ1) is 22.8. The molecule has 0 aromatic carbocycles. The molecule has 0 radical (unpaired) electrons. The Kier molecular flexibility index (Phi) is 6.66. The number of likely N-dealkylation sites (tertiary alicyclic amines) is 1. The smallest absolute Gasteiger partial charge is 0.354 e. The number of thiophene rings is 1. The van der Waals surface area contributed by atoms with E-state index in [0.29, 0.717) is 24.2 Å². The van der Waals surface area contributed by atoms with Crippen LogP contribution in [0.4, 0.5) is 0 Å². The van der Waals surface area contributed by atoms with Gasteiger partial charge in [0.05, 0.1) is 33.8 Å². The van der Waals surface area contributed by atoms with E-state index in [1.54, 1.807) is 13.8 Å². The number of Topliss-reactive ketones (excluding diaryl/α,β-unsaturated/α-hetero) is 1. The van der Waals surface area contributed by atoms with E-state index in [-0.39, 0.29) is 16.8 Å². The van der Waals surface area contributed by atoms with Gasteiger partial charge in [0.2, 0.25) is 5.78 Å². The van der Waals surface area contributed by atoms with Crippen molar-refractivity contribution in [1.29, 1.82) is 0 Å². The summed E-state index contributed by atoms with van der Waals surface area (Å²) >= 11 is 1.40. The van der Waals surface area contributed by atoms with Crippen LogP contribution in [0.2, 0.25) is 0 Å². The molecule has 1 aliphatic rings. The second kappa shape index (κ2) is 9.07. The van der Waals surface area contributed by atoms with Crippen LogP contribution in [0.3, 0.4) is 0 Å². The minimum Gasteiger partial charge on any atom is -0.872 e. The van der Waals surface area contributed by atoms with Crippen LogP contribution in [-0.2, 0) is 14.3 Å². The molecule has 1 fully saturated rings. The van der Waals surface area contributed by atoms with Crippen LogP contribution in [0.5, 0.6) is 0 Å². The normalized spacial score (nSPS) is 18.3. The van der Waals surface area contributed by atoms with E-state index >= 15 is 0 Å². The first-order valence-electron chi connectivity index (χ1n) is 10.1. The summed E-state index contributed by atoms with van der Waals surface area (Å²) in [6.07, 6.45) is 0.708. The van der Waals surface area contributed by atoms with Crippen LogP contribution in [0.15, 0.2) is 23.1 Å². The predicted molar refractivity (Wildman–Crippen MR) is 115 cm³/mol. The second-order valence-electron chi connectivity index (χ2n) is 7.92. The largest absolute Gasteiger partial charge is 0.872 e. The van der Waals surface area contributed by atoms with Gasteiger partial charge >= 0.3 is 5.97 Å². The zero-order chi connectivity index (χ0) is 22.9. The van der Waals surface area contributed by atoms with Gasteiger partial charge in [-0.15, -0.1) is 11.3 Å². The Morgan fingerprint density at radius 3 is 2.61 bits per heavy atom. The van der Waals surface area contributed by atoms with Crippen LogP contribution in [-0.4, -0.2) is 61.8 Å². The number of rotatable bonds is 7. The standard InChI is InChI=1S/C22H27N3O5S/c1-12-15(13(2)23-17(12)22(29)30-5)19(26)16-18(14-8-6-11-31-14)25(21(28)20(16)27)10-7-9-24(3)4/h6,8,11,18,23,26H,7,9-10H2,1-5H3. The number of esters is 1. The van der Waals surface area contributed by atoms with Crippen LogP contribution < -0.4 is 10.0 Å². The van der Waals surface area contributed by atoms with Gasteiger partial charge in [-0.1, -0.05) is 11.8 Å². The average Bonchev–Trinajstić information content (AvgIpc) is 3.40. The number of methoxy groups -OCH3 is 1. The molecule has 8 nitrogen and oxygen atoms in total. The van der Waals surface area contributed by atoms with E-state index in [1.807, 2.05) is 31.6 Å². The number of aromatic nitrogens is 1. The maximum atomic E-state index is 13.6. The van der Waals surface area contributed by atoms with Crippen molar-refractivity contribution in [2.45, 2.75) is 26.3 Å². The van der Waals surface area contributed by atoms with Crippen molar-refractivity contribution < 1.29 is 29.1 Å². The molecular weight excluding hydrogens is 418 g/mol. The summed E-state index contributed by atoms with van der Waals surface area (Å²) in [6.45, 7) is 4.50. The SMILES string of the molecule is COC(=O)c1[nH]c(C)c(C([O-])=C2C(=O)C(=O)N(CCC[NH+](C)C)C2c2cccs2)c1C. The number of quaternary nitrogens is 1. The number of ketones is 1. The van der Waals surface area contributed by atoms with E-state index < -0.39 is 29.5 Å². The van der Waals surface area contributed by atoms with Crippen molar-refractivity contribution in [3.63, 3.8) is 0 Å². The molecule has 1 aliphatic heterocycles. The molecule has 0 aliphatic carbocycles. The molecular formula is C22H27N3O5S. The molecule has 3 heterocycles. The number of carbonyl (C=O) groups is 3. The molecule has 1 amide bonds. The van der Waals surface area contributed by atoms with Crippen molar-refractivity contribution in [3.05, 3.63) is 50.5 Å². The first-order chi connectivity index (χ1) is 14.7. The van der Waals surface area contributed by atoms with Crippen molar-refractivity contribution in [3.8, 4) is 0 Å². The first-order valence-corrected chi connectivity index (χ1v) is 10.9. The van der Waals surface area contributed by atoms with Gasteiger partial charge in [0.1, 0.15) is 5.69 Å². The fourth-order valence-corrected chi connectivity index (χ4v) is 4.82. The number of amides is 1. The minimum atomic E-state index is -0.778. The third kappa shape index (κ3) is 4.15. The molecule has 3 rings (SSSR count). The average molecular weight is 446 g/mol. The highest BCUT2D eigenvalue weighted by molar-refractivity contribution is 7.10. The molecule has 0 saturated carbocycles. The van der Waals surface area contributed by atoms with Crippen molar-refractivity contribution >= 4 is 34.8 Å². The molecule has 2 N–H and O–H groups in total. The molecule has 1 unspecified atom stereocenters. The Labute approximate surface area is 185 Å². The molecule has 2 aromatic rings. The highest BCUT2D eigenvalue weighted by Gasteiger charge is 2.44. The summed E-state index contributed by atoms with van der Waals surface area (Å²) in [4.78, 5) is 44.3. The van der Waals surface area contributed by atoms with Crippen molar-refractivity contribution in [1.82, 2.24) is 9.88 Å². The van der Waals surface area contributed by atoms with E-state index in [2.05, 4.69) is 4.98 Å². The highest BCUT2D eigenvalue weighted by atomic mass is 32.1. The minimum absolute atomic E-state index is 0.0636. The van der Waals surface area contributed by atoms with Gasteiger partial charge in [-0.25, -0.2) is 4.79 Å². The number of aromatic amines is 1. The zero-order valence-electron chi connectivity index (χ0n) is 18.3. The number of hydrogen-bond donors (Lipinski definition) is 2. The molecule has 1 saturated heterocycles. The Bertz CT molecular complexity index is 1040. The Morgan fingerprint density at radius 2 is 2.03 bits per heavy atom. The van der Waals surface area contributed by atoms with Crippen LogP contribution >= 0.6 is 11.3 Å². The zero-order valence-corrected chi connectivity index (χ0v) is 19.1. The van der Waals surface area contributed by atoms with E-state index in [9.17, 15) is 19.5 Å². The van der Waals surface area contributed by atoms with Gasteiger partial charge in [-0.05, 0) is 36.4 Å². The molecule has 166 valence electrons. The summed E-state index contributed by atoms with van der Waals surface area (Å²) in [5.41, 5.74) is 1.19. The molecule has 0 spiro atoms. The van der Waals surface area contributed by atoms with Crippen molar-refractivity contribution in [2.24, 2.45) is 0 Å². The second-order valence-corrected chi connectivity index (χ2v) is 8.89. The van der Waals surface area contributed by atoms with Gasteiger partial charge in [-0.2, -0.15) is 0 Å². The molecule has 1 atom stereocenters. The third-order valence-corrected chi connectivity index (χ3v) is 6.40. The van der Waals surface area contributed by atoms with Crippen LogP contribution in [0, 0.1) is 13.8 Å². The number of carbonyl (C=O) groups excluding carboxylic acids is 3. The lowest BCUT2D eigenvalue weighted by Crippen LogP contribution is -3.05. The van der Waals surface area contributed by atoms with Gasteiger partial charge in [0.15, 0.2) is 0 Å². The topological polar surface area (TPSA) is 107 Å². The van der Waals surface area contributed by atoms with E-state index in [1.165, 1.54) is 28.2 Å². The third-order valence-electron chi connectivity index (χ3n) is 5.47. The number of ether oxygens (including phenoxy) is 1. The number of hydrogen-bond acceptors (Lipinski definition) is 6. The Hall–Kier alpha value is -2.91. The lowest BCUT2D eigenvalue weighted by Gasteiger charge is -2.26. The molecule has 2 aromatic heterocycles. The number of H-pyrrole nitrogens is 1. The highest BCUT2D eigenvalue weighted by Crippen LogP contribution is 2.41. The molecule has 9 heteroatoms. The summed E-state index contributed by atoms with van der Waals surface area (Å²) in [5.74, 6) is -2.56.